The zero-order chi connectivity index (χ0) is 28.8. The second-order valence-corrected chi connectivity index (χ2v) is 10.9. The van der Waals surface area contributed by atoms with E-state index in [1.807, 2.05) is 36.7 Å². The molecule has 0 aliphatic heterocycles. The lowest BCUT2D eigenvalue weighted by Crippen LogP contribution is -2.36. The standard InChI is InChI=1S/C37H35N3O2/c1-42-36-24-29(22-23-35(41)28-14-6-2-7-15-28)33(25-38-36)34-26-40(27-39-34)37(30-16-8-3-9-17-30,31-18-10-4-11-19-31)32-20-12-5-13-21-32/h3-5,8-13,16-28H,2,6-7,14-15H2,1H3. The van der Waals surface area contributed by atoms with Crippen molar-refractivity contribution in [3.63, 3.8) is 0 Å². The van der Waals surface area contributed by atoms with Crippen molar-refractivity contribution in [2.45, 2.75) is 37.6 Å². The van der Waals surface area contributed by atoms with E-state index in [4.69, 9.17) is 9.72 Å². The first-order valence-electron chi connectivity index (χ1n) is 14.7. The molecule has 0 bridgehead atoms. The lowest BCUT2D eigenvalue weighted by atomic mass is 9.77. The van der Waals surface area contributed by atoms with Crippen LogP contribution < -0.4 is 4.74 Å². The molecule has 6 rings (SSSR count). The van der Waals surface area contributed by atoms with E-state index in [1.54, 1.807) is 19.4 Å². The fourth-order valence-corrected chi connectivity index (χ4v) is 6.24. The van der Waals surface area contributed by atoms with Crippen molar-refractivity contribution in [3.8, 4) is 17.1 Å². The van der Waals surface area contributed by atoms with Gasteiger partial charge >= 0.3 is 0 Å². The number of carbonyl (C=O) groups is 1. The molecule has 42 heavy (non-hydrogen) atoms. The Morgan fingerprint density at radius 2 is 1.40 bits per heavy atom. The number of rotatable bonds is 9. The van der Waals surface area contributed by atoms with Gasteiger partial charge in [0.1, 0.15) is 5.54 Å². The highest BCUT2D eigenvalue weighted by Gasteiger charge is 2.38. The molecular weight excluding hydrogens is 518 g/mol. The number of carbonyl (C=O) groups excluding carboxylic acids is 1. The van der Waals surface area contributed by atoms with Gasteiger partial charge < -0.3 is 9.30 Å². The Kier molecular flexibility index (Phi) is 8.09. The first-order chi connectivity index (χ1) is 20.7. The summed E-state index contributed by atoms with van der Waals surface area (Å²) in [6.07, 6.45) is 14.8. The molecule has 0 unspecified atom stereocenters. The third-order valence-corrected chi connectivity index (χ3v) is 8.38. The highest BCUT2D eigenvalue weighted by atomic mass is 16.5. The van der Waals surface area contributed by atoms with Gasteiger partial charge in [-0.3, -0.25) is 4.79 Å². The van der Waals surface area contributed by atoms with Crippen molar-refractivity contribution in [2.75, 3.05) is 7.11 Å². The second kappa shape index (κ2) is 12.4. The van der Waals surface area contributed by atoms with Gasteiger partial charge in [0.05, 0.1) is 19.1 Å². The van der Waals surface area contributed by atoms with E-state index < -0.39 is 5.54 Å². The zero-order valence-corrected chi connectivity index (χ0v) is 23.9. The number of ether oxygens (including phenoxy) is 1. The van der Waals surface area contributed by atoms with Crippen molar-refractivity contribution in [1.29, 1.82) is 0 Å². The number of hydrogen-bond donors (Lipinski definition) is 0. The molecule has 0 radical (unpaired) electrons. The largest absolute Gasteiger partial charge is 0.481 e. The highest BCUT2D eigenvalue weighted by Crippen LogP contribution is 2.41. The van der Waals surface area contributed by atoms with Crippen LogP contribution in [0.5, 0.6) is 5.88 Å². The number of imidazole rings is 1. The van der Waals surface area contributed by atoms with E-state index in [-0.39, 0.29) is 11.7 Å². The van der Waals surface area contributed by atoms with E-state index in [0.717, 1.165) is 59.2 Å². The predicted molar refractivity (Wildman–Crippen MR) is 167 cm³/mol. The van der Waals surface area contributed by atoms with Crippen LogP contribution in [-0.4, -0.2) is 27.4 Å². The quantitative estimate of drug-likeness (QED) is 0.137. The monoisotopic (exact) mass is 553 g/mol. The molecule has 0 N–H and O–H groups in total. The Morgan fingerprint density at radius 3 is 1.95 bits per heavy atom. The van der Waals surface area contributed by atoms with Crippen LogP contribution in [0.15, 0.2) is 122 Å². The van der Waals surface area contributed by atoms with Gasteiger partial charge in [-0.15, -0.1) is 0 Å². The number of hydrogen-bond acceptors (Lipinski definition) is 4. The minimum atomic E-state index is -0.665. The number of allylic oxidation sites excluding steroid dienone is 1. The summed E-state index contributed by atoms with van der Waals surface area (Å²) in [5.41, 5.74) is 5.16. The molecule has 210 valence electrons. The maximum atomic E-state index is 13.0. The average Bonchev–Trinajstić information content (AvgIpc) is 3.56. The molecule has 1 aliphatic carbocycles. The molecule has 5 nitrogen and oxygen atoms in total. The van der Waals surface area contributed by atoms with Crippen LogP contribution >= 0.6 is 0 Å². The molecular formula is C37H35N3O2. The topological polar surface area (TPSA) is 57.0 Å². The first kappa shape index (κ1) is 27.4. The summed E-state index contributed by atoms with van der Waals surface area (Å²) in [7, 11) is 1.60. The fraction of sp³-hybridized carbons (Fsp3) is 0.216. The van der Waals surface area contributed by atoms with E-state index in [1.165, 1.54) is 6.42 Å². The molecule has 2 heterocycles. The predicted octanol–water partition coefficient (Wildman–Crippen LogP) is 7.96. The van der Waals surface area contributed by atoms with Crippen molar-refractivity contribution >= 4 is 11.9 Å². The second-order valence-electron chi connectivity index (χ2n) is 10.9. The molecule has 1 aliphatic rings. The third kappa shape index (κ3) is 5.30. The molecule has 0 atom stereocenters. The SMILES string of the molecule is COc1cc(C=CC(=O)C2CCCCC2)c(-c2cn(C(c3ccccc3)(c3ccccc3)c3ccccc3)cn2)cn1. The fourth-order valence-electron chi connectivity index (χ4n) is 6.24. The Morgan fingerprint density at radius 1 is 0.833 bits per heavy atom. The normalized spacial score (nSPS) is 14.2. The molecule has 0 saturated heterocycles. The summed E-state index contributed by atoms with van der Waals surface area (Å²) >= 11 is 0. The van der Waals surface area contributed by atoms with Crippen LogP contribution in [0.2, 0.25) is 0 Å². The summed E-state index contributed by atoms with van der Waals surface area (Å²) in [5.74, 6) is 0.804. The molecule has 3 aromatic carbocycles. The molecule has 0 amide bonds. The Balaban J connectivity index is 1.48. The van der Waals surface area contributed by atoms with Crippen molar-refractivity contribution in [1.82, 2.24) is 14.5 Å². The van der Waals surface area contributed by atoms with E-state index in [0.29, 0.717) is 5.88 Å². The summed E-state index contributed by atoms with van der Waals surface area (Å²) in [4.78, 5) is 22.5. The smallest absolute Gasteiger partial charge is 0.213 e. The number of pyridine rings is 1. The lowest BCUT2D eigenvalue weighted by molar-refractivity contribution is -0.119. The molecule has 2 aromatic heterocycles. The maximum Gasteiger partial charge on any atom is 0.213 e. The summed E-state index contributed by atoms with van der Waals surface area (Å²) in [6.45, 7) is 0. The van der Waals surface area contributed by atoms with Gasteiger partial charge in [0.15, 0.2) is 5.78 Å². The third-order valence-electron chi connectivity index (χ3n) is 8.38. The maximum absolute atomic E-state index is 13.0. The van der Waals surface area contributed by atoms with Gasteiger partial charge in [-0.1, -0.05) is 116 Å². The van der Waals surface area contributed by atoms with E-state index >= 15 is 0 Å². The number of benzene rings is 3. The Labute approximate surface area is 247 Å². The summed E-state index contributed by atoms with van der Waals surface area (Å²) in [5, 5.41) is 0. The Bertz CT molecular complexity index is 1560. The number of ketones is 1. The van der Waals surface area contributed by atoms with Gasteiger partial charge in [0.2, 0.25) is 5.88 Å². The number of aromatic nitrogens is 3. The van der Waals surface area contributed by atoms with Crippen LogP contribution in [0.4, 0.5) is 0 Å². The number of nitrogens with zero attached hydrogens (tertiary/aromatic N) is 3. The highest BCUT2D eigenvalue weighted by molar-refractivity contribution is 5.96. The molecule has 1 fully saturated rings. The van der Waals surface area contributed by atoms with E-state index in [9.17, 15) is 4.79 Å². The minimum Gasteiger partial charge on any atom is -0.481 e. The number of methoxy groups -OCH3 is 1. The van der Waals surface area contributed by atoms with E-state index in [2.05, 4.69) is 88.5 Å². The van der Waals surface area contributed by atoms with Crippen LogP contribution in [0, 0.1) is 5.92 Å². The van der Waals surface area contributed by atoms with Crippen molar-refractivity contribution in [2.24, 2.45) is 5.92 Å². The van der Waals surface area contributed by atoms with Gasteiger partial charge in [-0.05, 0) is 41.2 Å². The van der Waals surface area contributed by atoms with Crippen LogP contribution in [0.1, 0.15) is 54.4 Å². The van der Waals surface area contributed by atoms with Gasteiger partial charge in [0.25, 0.3) is 0 Å². The Hall–Kier alpha value is -4.77. The molecule has 0 spiro atoms. The first-order valence-corrected chi connectivity index (χ1v) is 14.7. The van der Waals surface area contributed by atoms with Gasteiger partial charge in [0, 0.05) is 29.9 Å². The van der Waals surface area contributed by atoms with Crippen LogP contribution in [-0.2, 0) is 10.3 Å². The molecule has 1 saturated carbocycles. The average molecular weight is 554 g/mol. The molecule has 5 aromatic rings. The zero-order valence-electron chi connectivity index (χ0n) is 23.9. The van der Waals surface area contributed by atoms with Crippen molar-refractivity contribution in [3.05, 3.63) is 144 Å². The summed E-state index contributed by atoms with van der Waals surface area (Å²) in [6, 6.07) is 33.5. The minimum absolute atomic E-state index is 0.115. The van der Waals surface area contributed by atoms with Crippen LogP contribution in [0.3, 0.4) is 0 Å². The van der Waals surface area contributed by atoms with Gasteiger partial charge in [-0.2, -0.15) is 0 Å². The molecule has 5 heteroatoms. The van der Waals surface area contributed by atoms with Gasteiger partial charge in [-0.25, -0.2) is 9.97 Å². The lowest BCUT2D eigenvalue weighted by Gasteiger charge is -2.37. The van der Waals surface area contributed by atoms with Crippen molar-refractivity contribution < 1.29 is 9.53 Å². The van der Waals surface area contributed by atoms with Crippen LogP contribution in [0.25, 0.3) is 17.3 Å². The summed E-state index contributed by atoms with van der Waals surface area (Å²) < 4.78 is 7.63.